The molecule has 0 saturated carbocycles. The van der Waals surface area contributed by atoms with E-state index in [2.05, 4.69) is 34.7 Å². The number of thiophene rings is 1. The maximum atomic E-state index is 6.64. The van der Waals surface area contributed by atoms with Crippen molar-refractivity contribution in [2.24, 2.45) is 11.5 Å². The van der Waals surface area contributed by atoms with Crippen LogP contribution in [-0.2, 0) is 6.54 Å². The fourth-order valence-electron chi connectivity index (χ4n) is 2.88. The Hall–Kier alpha value is -0.790. The molecule has 3 rings (SSSR count). The molecule has 0 aromatic carbocycles. The molecule has 0 fully saturated rings. The molecular formula is C16H21ClN4S2. The van der Waals surface area contributed by atoms with Gasteiger partial charge in [-0.2, -0.15) is 0 Å². The Balaban J connectivity index is 1.89. The van der Waals surface area contributed by atoms with Crippen LogP contribution in [0.1, 0.15) is 36.8 Å². The molecule has 23 heavy (non-hydrogen) atoms. The van der Waals surface area contributed by atoms with E-state index in [0.717, 1.165) is 29.2 Å². The van der Waals surface area contributed by atoms with Crippen LogP contribution in [0.2, 0.25) is 5.15 Å². The fourth-order valence-corrected chi connectivity index (χ4v) is 5.31. The Bertz CT molecular complexity index is 690. The van der Waals surface area contributed by atoms with Crippen molar-refractivity contribution in [3.05, 3.63) is 39.3 Å². The second-order valence-electron chi connectivity index (χ2n) is 6.10. The summed E-state index contributed by atoms with van der Waals surface area (Å²) in [6.07, 6.45) is 0.733. The third kappa shape index (κ3) is 3.51. The number of anilines is 1. The number of aromatic nitrogens is 1. The quantitative estimate of drug-likeness (QED) is 0.695. The molecule has 2 aromatic rings. The van der Waals surface area contributed by atoms with Gasteiger partial charge >= 0.3 is 0 Å². The van der Waals surface area contributed by atoms with Gasteiger partial charge in [-0.15, -0.1) is 11.3 Å². The fraction of sp³-hybridized carbons (Fsp3) is 0.438. The van der Waals surface area contributed by atoms with Crippen LogP contribution in [0.25, 0.3) is 0 Å². The highest BCUT2D eigenvalue weighted by Crippen LogP contribution is 2.54. The lowest BCUT2D eigenvalue weighted by Gasteiger charge is -2.29. The largest absolute Gasteiger partial charge is 0.379 e. The van der Waals surface area contributed by atoms with E-state index in [1.807, 2.05) is 13.0 Å². The van der Waals surface area contributed by atoms with E-state index in [1.165, 1.54) is 4.88 Å². The zero-order valence-corrected chi connectivity index (χ0v) is 15.6. The summed E-state index contributed by atoms with van der Waals surface area (Å²) < 4.78 is 0. The lowest BCUT2D eigenvalue weighted by molar-refractivity contribution is 0.448. The van der Waals surface area contributed by atoms with Gasteiger partial charge in [0, 0.05) is 23.4 Å². The monoisotopic (exact) mass is 368 g/mol. The van der Waals surface area contributed by atoms with Gasteiger partial charge in [0.1, 0.15) is 5.15 Å². The minimum absolute atomic E-state index is 0.0438. The number of hydrogen-bond donors (Lipinski definition) is 3. The van der Waals surface area contributed by atoms with Crippen molar-refractivity contribution in [1.82, 2.24) is 4.98 Å². The zero-order chi connectivity index (χ0) is 16.6. The Morgan fingerprint density at radius 2 is 2.30 bits per heavy atom. The summed E-state index contributed by atoms with van der Waals surface area (Å²) in [5.74, 6) is 0.106. The van der Waals surface area contributed by atoms with Crippen molar-refractivity contribution in [2.45, 2.75) is 48.5 Å². The Morgan fingerprint density at radius 3 is 2.96 bits per heavy atom. The third-order valence-corrected chi connectivity index (χ3v) is 6.68. The summed E-state index contributed by atoms with van der Waals surface area (Å²) in [7, 11) is 0. The molecule has 1 aliphatic rings. The van der Waals surface area contributed by atoms with Crippen molar-refractivity contribution >= 4 is 40.4 Å². The van der Waals surface area contributed by atoms with Gasteiger partial charge in [0.2, 0.25) is 0 Å². The number of fused-ring (bicyclic) bond motifs is 1. The van der Waals surface area contributed by atoms with Crippen LogP contribution >= 0.6 is 34.7 Å². The van der Waals surface area contributed by atoms with Gasteiger partial charge in [-0.1, -0.05) is 36.4 Å². The topological polar surface area (TPSA) is 77.0 Å². The van der Waals surface area contributed by atoms with Gasteiger partial charge in [-0.05, 0) is 30.9 Å². The molecule has 5 N–H and O–H groups in total. The van der Waals surface area contributed by atoms with Crippen LogP contribution in [0, 0.1) is 0 Å². The number of nitrogens with two attached hydrogens (primary N) is 2. The maximum absolute atomic E-state index is 6.64. The van der Waals surface area contributed by atoms with Crippen molar-refractivity contribution in [3.63, 3.8) is 0 Å². The first-order valence-corrected chi connectivity index (χ1v) is 9.66. The van der Waals surface area contributed by atoms with Gasteiger partial charge in [0.05, 0.1) is 21.1 Å². The molecule has 0 bridgehead atoms. The molecule has 0 spiro atoms. The molecule has 2 aromatic heterocycles. The first-order chi connectivity index (χ1) is 10.9. The molecule has 124 valence electrons. The second kappa shape index (κ2) is 6.61. The summed E-state index contributed by atoms with van der Waals surface area (Å²) in [4.78, 5) is 6.47. The summed E-state index contributed by atoms with van der Waals surface area (Å²) in [6.45, 7) is 4.86. The number of pyridine rings is 1. The Morgan fingerprint density at radius 1 is 1.52 bits per heavy atom. The van der Waals surface area contributed by atoms with Gasteiger partial charge in [-0.25, -0.2) is 4.98 Å². The van der Waals surface area contributed by atoms with Crippen molar-refractivity contribution < 1.29 is 0 Å². The molecule has 2 unspecified atom stereocenters. The van der Waals surface area contributed by atoms with E-state index >= 15 is 0 Å². The summed E-state index contributed by atoms with van der Waals surface area (Å²) >= 11 is 9.62. The van der Waals surface area contributed by atoms with Crippen LogP contribution in [0.15, 0.2) is 28.5 Å². The van der Waals surface area contributed by atoms with Crippen molar-refractivity contribution in [2.75, 3.05) is 5.32 Å². The molecule has 7 heteroatoms. The lowest BCUT2D eigenvalue weighted by atomic mass is 9.93. The maximum Gasteiger partial charge on any atom is 0.131 e. The Labute approximate surface area is 150 Å². The highest BCUT2D eigenvalue weighted by molar-refractivity contribution is 8.01. The van der Waals surface area contributed by atoms with Crippen LogP contribution in [-0.4, -0.2) is 15.9 Å². The number of nitrogens with zero attached hydrogens (tertiary/aromatic N) is 1. The molecule has 1 aliphatic heterocycles. The van der Waals surface area contributed by atoms with Crippen LogP contribution < -0.4 is 16.8 Å². The number of nitrogens with one attached hydrogen (secondary N) is 1. The second-order valence-corrected chi connectivity index (χ2v) is 8.89. The first kappa shape index (κ1) is 17.0. The molecule has 0 amide bonds. The molecule has 4 nitrogen and oxygen atoms in total. The molecule has 0 radical (unpaired) electrons. The molecule has 0 aliphatic carbocycles. The first-order valence-electron chi connectivity index (χ1n) is 7.59. The van der Waals surface area contributed by atoms with E-state index in [-0.39, 0.29) is 12.0 Å². The highest BCUT2D eigenvalue weighted by Gasteiger charge is 2.44. The van der Waals surface area contributed by atoms with Crippen LogP contribution in [0.3, 0.4) is 0 Å². The van der Waals surface area contributed by atoms with Crippen LogP contribution in [0.4, 0.5) is 5.69 Å². The van der Waals surface area contributed by atoms with Crippen molar-refractivity contribution in [1.29, 1.82) is 0 Å². The summed E-state index contributed by atoms with van der Waals surface area (Å²) in [5.41, 5.74) is 14.6. The standard InChI is InChI=1S/C16H21ClN4S2/c1-9(18)7-16(19)10(2)14-15(23-16)12(6-13(17)21-14)20-8-11-4-3-5-22-11/h3-6,9-10H,7-8,18-19H2,1-2H3,(H,20,21)/t9-,10?,16?/m0/s1. The summed E-state index contributed by atoms with van der Waals surface area (Å²) in [5, 5.41) is 6.05. The SMILES string of the molecule is CC1c2nc(Cl)cc(NCc3cccs3)c2SC1(N)C[C@H](C)N. The molecular weight excluding hydrogens is 348 g/mol. The van der Waals surface area contributed by atoms with Gasteiger partial charge in [-0.3, -0.25) is 0 Å². The van der Waals surface area contributed by atoms with E-state index < -0.39 is 4.87 Å². The average molecular weight is 369 g/mol. The predicted octanol–water partition coefficient (Wildman–Crippen LogP) is 4.01. The normalized spacial score (nSPS) is 24.5. The number of rotatable bonds is 5. The molecule has 0 saturated heterocycles. The van der Waals surface area contributed by atoms with Gasteiger partial charge < -0.3 is 16.8 Å². The van der Waals surface area contributed by atoms with E-state index in [4.69, 9.17) is 23.1 Å². The van der Waals surface area contributed by atoms with Crippen LogP contribution in [0.5, 0.6) is 0 Å². The van der Waals surface area contributed by atoms with E-state index in [1.54, 1.807) is 23.1 Å². The molecule has 3 atom stereocenters. The minimum Gasteiger partial charge on any atom is -0.379 e. The highest BCUT2D eigenvalue weighted by atomic mass is 35.5. The number of thioether (sulfide) groups is 1. The van der Waals surface area contributed by atoms with E-state index in [0.29, 0.717) is 5.15 Å². The number of hydrogen-bond acceptors (Lipinski definition) is 6. The predicted molar refractivity (Wildman–Crippen MR) is 100 cm³/mol. The average Bonchev–Trinajstić information content (AvgIpc) is 3.05. The lowest BCUT2D eigenvalue weighted by Crippen LogP contribution is -2.43. The third-order valence-electron chi connectivity index (χ3n) is 4.08. The van der Waals surface area contributed by atoms with E-state index in [9.17, 15) is 0 Å². The zero-order valence-electron chi connectivity index (χ0n) is 13.2. The Kier molecular flexibility index (Phi) is 4.90. The molecule has 3 heterocycles. The van der Waals surface area contributed by atoms with Gasteiger partial charge in [0.15, 0.2) is 0 Å². The summed E-state index contributed by atoms with van der Waals surface area (Å²) in [6, 6.07) is 6.09. The van der Waals surface area contributed by atoms with Crippen molar-refractivity contribution in [3.8, 4) is 0 Å². The van der Waals surface area contributed by atoms with Gasteiger partial charge in [0.25, 0.3) is 0 Å². The minimum atomic E-state index is -0.437. The smallest absolute Gasteiger partial charge is 0.131 e. The number of halogens is 1.